The molecular formula is C25H33ClO7. The molecular weight excluding hydrogens is 448 g/mol. The molecule has 0 bridgehead atoms. The summed E-state index contributed by atoms with van der Waals surface area (Å²) in [5.41, 5.74) is 4.43. The molecule has 0 spiro atoms. The highest BCUT2D eigenvalue weighted by molar-refractivity contribution is 6.31. The molecule has 7 nitrogen and oxygen atoms in total. The van der Waals surface area contributed by atoms with Crippen LogP contribution < -0.4 is 0 Å². The Labute approximate surface area is 199 Å². The van der Waals surface area contributed by atoms with Gasteiger partial charge in [0.05, 0.1) is 26.4 Å². The maximum atomic E-state index is 10.7. The molecule has 0 aromatic heterocycles. The van der Waals surface area contributed by atoms with Gasteiger partial charge in [-0.25, -0.2) is 0 Å². The van der Waals surface area contributed by atoms with Crippen molar-refractivity contribution in [1.29, 1.82) is 0 Å². The van der Waals surface area contributed by atoms with Crippen molar-refractivity contribution in [3.63, 3.8) is 0 Å². The lowest BCUT2D eigenvalue weighted by Crippen LogP contribution is -2.55. The average Bonchev–Trinajstić information content (AvgIpc) is 2.83. The highest BCUT2D eigenvalue weighted by Gasteiger charge is 2.44. The van der Waals surface area contributed by atoms with E-state index in [0.717, 1.165) is 17.5 Å². The quantitative estimate of drug-likeness (QED) is 0.386. The van der Waals surface area contributed by atoms with Crippen LogP contribution in [-0.4, -0.2) is 71.8 Å². The number of ether oxygens (including phenoxy) is 3. The van der Waals surface area contributed by atoms with Gasteiger partial charge in [-0.2, -0.15) is 0 Å². The standard InChI is InChI=1S/C25H33ClO7/c1-3-15-4-6-16(7-5-15)10-17-11-19(18(12-20(17)26)14-32-9-8-31-2)25-24(30)23(29)22(28)21(13-27)33-25/h4-7,11-12,21-25,27-30H,3,8-10,13-14H2,1-2H3/t21?,22-,23+,24-,25+/m1/s1. The minimum Gasteiger partial charge on any atom is -0.394 e. The van der Waals surface area contributed by atoms with Gasteiger partial charge in [0.25, 0.3) is 0 Å². The van der Waals surface area contributed by atoms with Crippen molar-refractivity contribution in [3.8, 4) is 0 Å². The number of aliphatic hydroxyl groups is 4. The zero-order valence-electron chi connectivity index (χ0n) is 19.0. The predicted octanol–water partition coefficient (Wildman–Crippen LogP) is 2.17. The van der Waals surface area contributed by atoms with Crippen LogP contribution in [0, 0.1) is 0 Å². The van der Waals surface area contributed by atoms with E-state index in [1.807, 2.05) is 6.07 Å². The molecule has 8 heteroatoms. The van der Waals surface area contributed by atoms with Crippen molar-refractivity contribution in [1.82, 2.24) is 0 Å². The van der Waals surface area contributed by atoms with E-state index in [1.54, 1.807) is 13.2 Å². The van der Waals surface area contributed by atoms with Gasteiger partial charge in [0.1, 0.15) is 30.5 Å². The van der Waals surface area contributed by atoms with Crippen molar-refractivity contribution in [2.45, 2.75) is 56.9 Å². The molecule has 1 aliphatic rings. The lowest BCUT2D eigenvalue weighted by molar-refractivity contribution is -0.232. The Bertz CT molecular complexity index is 887. The molecule has 1 saturated heterocycles. The number of rotatable bonds is 10. The highest BCUT2D eigenvalue weighted by Crippen LogP contribution is 2.37. The van der Waals surface area contributed by atoms with Gasteiger partial charge in [0, 0.05) is 12.1 Å². The third kappa shape index (κ3) is 6.32. The van der Waals surface area contributed by atoms with E-state index in [0.29, 0.717) is 35.8 Å². The fraction of sp³-hybridized carbons (Fsp3) is 0.520. The maximum Gasteiger partial charge on any atom is 0.113 e. The Balaban J connectivity index is 1.95. The van der Waals surface area contributed by atoms with Gasteiger partial charge in [-0.15, -0.1) is 0 Å². The molecule has 0 saturated carbocycles. The fourth-order valence-electron chi connectivity index (χ4n) is 4.00. The first kappa shape index (κ1) is 26.1. The number of halogens is 1. The van der Waals surface area contributed by atoms with E-state index in [4.69, 9.17) is 25.8 Å². The minimum atomic E-state index is -1.47. The van der Waals surface area contributed by atoms with Crippen LogP contribution in [0.2, 0.25) is 5.02 Å². The molecule has 33 heavy (non-hydrogen) atoms. The van der Waals surface area contributed by atoms with Crippen molar-refractivity contribution < 1.29 is 34.6 Å². The third-order valence-corrected chi connectivity index (χ3v) is 6.37. The van der Waals surface area contributed by atoms with Crippen LogP contribution in [0.1, 0.15) is 40.8 Å². The summed E-state index contributed by atoms with van der Waals surface area (Å²) in [5, 5.41) is 41.3. The van der Waals surface area contributed by atoms with Crippen LogP contribution in [0.25, 0.3) is 0 Å². The van der Waals surface area contributed by atoms with Crippen molar-refractivity contribution in [3.05, 3.63) is 69.2 Å². The summed E-state index contributed by atoms with van der Waals surface area (Å²) in [5.74, 6) is 0. The van der Waals surface area contributed by atoms with Gasteiger partial charge >= 0.3 is 0 Å². The second-order valence-corrected chi connectivity index (χ2v) is 8.69. The number of aryl methyl sites for hydroxylation is 1. The fourth-order valence-corrected chi connectivity index (χ4v) is 4.25. The minimum absolute atomic E-state index is 0.193. The molecule has 2 aromatic rings. The third-order valence-electron chi connectivity index (χ3n) is 6.02. The number of aliphatic hydroxyl groups excluding tert-OH is 4. The molecule has 3 rings (SSSR count). The maximum absolute atomic E-state index is 10.7. The van der Waals surface area contributed by atoms with Crippen LogP contribution in [0.5, 0.6) is 0 Å². The van der Waals surface area contributed by atoms with E-state index in [9.17, 15) is 20.4 Å². The summed E-state index contributed by atoms with van der Waals surface area (Å²) in [6.45, 7) is 2.60. The van der Waals surface area contributed by atoms with E-state index < -0.39 is 37.1 Å². The number of hydrogen-bond donors (Lipinski definition) is 4. The van der Waals surface area contributed by atoms with Crippen LogP contribution in [0.15, 0.2) is 36.4 Å². The summed E-state index contributed by atoms with van der Waals surface area (Å²) in [4.78, 5) is 0. The summed E-state index contributed by atoms with van der Waals surface area (Å²) in [6, 6.07) is 11.9. The number of methoxy groups -OCH3 is 1. The number of benzene rings is 2. The Morgan fingerprint density at radius 3 is 2.27 bits per heavy atom. The van der Waals surface area contributed by atoms with Gasteiger partial charge in [-0.1, -0.05) is 48.9 Å². The summed E-state index contributed by atoms with van der Waals surface area (Å²) in [7, 11) is 1.58. The number of hydrogen-bond acceptors (Lipinski definition) is 7. The lowest BCUT2D eigenvalue weighted by atomic mass is 9.87. The first-order chi connectivity index (χ1) is 15.9. The monoisotopic (exact) mass is 480 g/mol. The SMILES string of the molecule is CCc1ccc(Cc2cc([C@@H]3OC(CO)[C@@H](O)[C@H](O)[C@H]3O)c(COCCOC)cc2Cl)cc1. The summed E-state index contributed by atoms with van der Waals surface area (Å²) in [6.07, 6.45) is -4.73. The first-order valence-electron chi connectivity index (χ1n) is 11.2. The second-order valence-electron chi connectivity index (χ2n) is 8.28. The summed E-state index contributed by atoms with van der Waals surface area (Å²) >= 11 is 6.62. The molecule has 182 valence electrons. The average molecular weight is 481 g/mol. The molecule has 0 amide bonds. The first-order valence-corrected chi connectivity index (χ1v) is 11.5. The van der Waals surface area contributed by atoms with Crippen molar-refractivity contribution >= 4 is 11.6 Å². The molecule has 1 aliphatic heterocycles. The topological polar surface area (TPSA) is 109 Å². The van der Waals surface area contributed by atoms with Gasteiger partial charge < -0.3 is 34.6 Å². The second kappa shape index (κ2) is 12.2. The van der Waals surface area contributed by atoms with E-state index in [-0.39, 0.29) is 6.61 Å². The molecule has 5 atom stereocenters. The smallest absolute Gasteiger partial charge is 0.113 e. The largest absolute Gasteiger partial charge is 0.394 e. The predicted molar refractivity (Wildman–Crippen MR) is 124 cm³/mol. The van der Waals surface area contributed by atoms with Crippen LogP contribution in [0.3, 0.4) is 0 Å². The molecule has 1 unspecified atom stereocenters. The van der Waals surface area contributed by atoms with Crippen molar-refractivity contribution in [2.75, 3.05) is 26.9 Å². The van der Waals surface area contributed by atoms with E-state index >= 15 is 0 Å². The lowest BCUT2D eigenvalue weighted by Gasteiger charge is -2.41. The van der Waals surface area contributed by atoms with E-state index in [2.05, 4.69) is 31.2 Å². The van der Waals surface area contributed by atoms with Gasteiger partial charge in [0.2, 0.25) is 0 Å². The van der Waals surface area contributed by atoms with Crippen molar-refractivity contribution in [2.24, 2.45) is 0 Å². The molecule has 1 heterocycles. The molecule has 0 aliphatic carbocycles. The zero-order valence-corrected chi connectivity index (χ0v) is 19.7. The molecule has 2 aromatic carbocycles. The van der Waals surface area contributed by atoms with Crippen LogP contribution >= 0.6 is 11.6 Å². The Morgan fingerprint density at radius 1 is 0.939 bits per heavy atom. The van der Waals surface area contributed by atoms with E-state index in [1.165, 1.54) is 5.56 Å². The molecule has 1 fully saturated rings. The highest BCUT2D eigenvalue weighted by atomic mass is 35.5. The Hall–Kier alpha value is -1.55. The summed E-state index contributed by atoms with van der Waals surface area (Å²) < 4.78 is 16.5. The van der Waals surface area contributed by atoms with Crippen LogP contribution in [-0.2, 0) is 33.7 Å². The van der Waals surface area contributed by atoms with Gasteiger partial charge in [-0.3, -0.25) is 0 Å². The molecule has 4 N–H and O–H groups in total. The van der Waals surface area contributed by atoms with Gasteiger partial charge in [0.15, 0.2) is 0 Å². The Morgan fingerprint density at radius 2 is 1.64 bits per heavy atom. The normalized spacial score (nSPS) is 25.4. The molecule has 0 radical (unpaired) electrons. The Kier molecular flexibility index (Phi) is 9.67. The van der Waals surface area contributed by atoms with Crippen LogP contribution in [0.4, 0.5) is 0 Å². The zero-order chi connectivity index (χ0) is 24.0. The van der Waals surface area contributed by atoms with Gasteiger partial charge in [-0.05, 0) is 46.7 Å².